The highest BCUT2D eigenvalue weighted by molar-refractivity contribution is 9.09. The Morgan fingerprint density at radius 3 is 2.41 bits per heavy atom. The number of rotatable bonds is 3. The topological polar surface area (TPSA) is 46.2 Å². The van der Waals surface area contributed by atoms with E-state index in [2.05, 4.69) is 21.2 Å². The maximum absolute atomic E-state index is 11.9. The van der Waals surface area contributed by atoms with Crippen molar-refractivity contribution in [3.05, 3.63) is 35.4 Å². The van der Waals surface area contributed by atoms with Gasteiger partial charge in [-0.1, -0.05) is 41.1 Å². The molecular weight excluding hydrogens is 282 g/mol. The Labute approximate surface area is 110 Å². The third-order valence-corrected chi connectivity index (χ3v) is 2.81. The second-order valence-electron chi connectivity index (χ2n) is 4.25. The van der Waals surface area contributed by atoms with E-state index >= 15 is 0 Å². The Morgan fingerprint density at radius 1 is 1.29 bits per heavy atom. The van der Waals surface area contributed by atoms with Gasteiger partial charge in [0.15, 0.2) is 0 Å². The van der Waals surface area contributed by atoms with Crippen LogP contribution in [0.15, 0.2) is 24.3 Å². The fourth-order valence-electron chi connectivity index (χ4n) is 1.48. The molecule has 0 unspecified atom stereocenters. The molecule has 0 saturated heterocycles. The lowest BCUT2D eigenvalue weighted by molar-refractivity contribution is -0.119. The van der Waals surface area contributed by atoms with E-state index in [0.29, 0.717) is 12.0 Å². The van der Waals surface area contributed by atoms with Crippen LogP contribution in [0.2, 0.25) is 0 Å². The van der Waals surface area contributed by atoms with Crippen LogP contribution in [-0.4, -0.2) is 11.8 Å². The summed E-state index contributed by atoms with van der Waals surface area (Å²) in [5.41, 5.74) is 1.39. The Bertz CT molecular complexity index is 435. The van der Waals surface area contributed by atoms with Gasteiger partial charge >= 0.3 is 0 Å². The molecule has 0 bridgehead atoms. The molecule has 0 heterocycles. The number of carbonyl (C=O) groups excluding carboxylic acids is 2. The zero-order valence-corrected chi connectivity index (χ0v) is 11.8. The standard InChI is InChI=1S/C13H16BrNO2/c1-4-11(16)15-12(17)9-7-5-6-8-10(9)13(2,3)14/h5-8H,4H2,1-3H3,(H,15,16,17). The number of benzene rings is 1. The van der Waals surface area contributed by atoms with Gasteiger partial charge in [-0.3, -0.25) is 14.9 Å². The lowest BCUT2D eigenvalue weighted by Crippen LogP contribution is -2.31. The van der Waals surface area contributed by atoms with Gasteiger partial charge in [0.1, 0.15) is 0 Å². The number of nitrogens with one attached hydrogen (secondary N) is 1. The lowest BCUT2D eigenvalue weighted by atomic mass is 9.96. The molecule has 0 radical (unpaired) electrons. The van der Waals surface area contributed by atoms with E-state index in [1.165, 1.54) is 0 Å². The smallest absolute Gasteiger partial charge is 0.258 e. The van der Waals surface area contributed by atoms with Crippen molar-refractivity contribution in [3.8, 4) is 0 Å². The molecule has 2 amide bonds. The van der Waals surface area contributed by atoms with E-state index in [4.69, 9.17) is 0 Å². The summed E-state index contributed by atoms with van der Waals surface area (Å²) >= 11 is 3.52. The van der Waals surface area contributed by atoms with E-state index in [-0.39, 0.29) is 16.1 Å². The average molecular weight is 298 g/mol. The summed E-state index contributed by atoms with van der Waals surface area (Å²) in [6.07, 6.45) is 0.297. The lowest BCUT2D eigenvalue weighted by Gasteiger charge is -2.20. The second-order valence-corrected chi connectivity index (χ2v) is 6.23. The van der Waals surface area contributed by atoms with Gasteiger partial charge < -0.3 is 0 Å². The number of hydrogen-bond acceptors (Lipinski definition) is 2. The quantitative estimate of drug-likeness (QED) is 0.872. The highest BCUT2D eigenvalue weighted by Gasteiger charge is 2.23. The van der Waals surface area contributed by atoms with Crippen molar-refractivity contribution in [2.24, 2.45) is 0 Å². The van der Waals surface area contributed by atoms with Gasteiger partial charge in [-0.05, 0) is 25.5 Å². The zero-order chi connectivity index (χ0) is 13.1. The predicted octanol–water partition coefficient (Wildman–Crippen LogP) is 2.98. The van der Waals surface area contributed by atoms with Crippen molar-refractivity contribution < 1.29 is 9.59 Å². The fraction of sp³-hybridized carbons (Fsp3) is 0.385. The molecule has 1 aromatic carbocycles. The minimum absolute atomic E-state index is 0.266. The number of halogens is 1. The molecule has 0 atom stereocenters. The van der Waals surface area contributed by atoms with Gasteiger partial charge in [-0.25, -0.2) is 0 Å². The monoisotopic (exact) mass is 297 g/mol. The summed E-state index contributed by atoms with van der Waals surface area (Å²) in [5, 5.41) is 2.36. The van der Waals surface area contributed by atoms with Gasteiger partial charge in [0.2, 0.25) is 5.91 Å². The molecule has 3 nitrogen and oxygen atoms in total. The molecule has 0 saturated carbocycles. The Balaban J connectivity index is 3.06. The number of amides is 2. The molecule has 1 N–H and O–H groups in total. The van der Waals surface area contributed by atoms with Crippen LogP contribution in [0.1, 0.15) is 43.1 Å². The van der Waals surface area contributed by atoms with Crippen molar-refractivity contribution >= 4 is 27.7 Å². The molecule has 1 aromatic rings. The average Bonchev–Trinajstić information content (AvgIpc) is 2.27. The zero-order valence-electron chi connectivity index (χ0n) is 10.2. The Hall–Kier alpha value is -1.16. The highest BCUT2D eigenvalue weighted by atomic mass is 79.9. The fourth-order valence-corrected chi connectivity index (χ4v) is 1.83. The normalized spacial score (nSPS) is 11.1. The predicted molar refractivity (Wildman–Crippen MR) is 71.2 cm³/mol. The summed E-state index contributed by atoms with van der Waals surface area (Å²) in [7, 11) is 0. The van der Waals surface area contributed by atoms with Crippen LogP contribution in [0, 0.1) is 0 Å². The molecular formula is C13H16BrNO2. The molecule has 0 aliphatic heterocycles. The SMILES string of the molecule is CCC(=O)NC(=O)c1ccccc1C(C)(C)Br. The summed E-state index contributed by atoms with van der Waals surface area (Å²) in [5.74, 6) is -0.614. The Kier molecular flexibility index (Phi) is 4.46. The summed E-state index contributed by atoms with van der Waals surface area (Å²) in [4.78, 5) is 23.1. The van der Waals surface area contributed by atoms with E-state index in [1.54, 1.807) is 19.1 Å². The molecule has 4 heteroatoms. The molecule has 0 spiro atoms. The van der Waals surface area contributed by atoms with Crippen LogP contribution in [-0.2, 0) is 9.12 Å². The third kappa shape index (κ3) is 3.66. The van der Waals surface area contributed by atoms with Gasteiger partial charge in [-0.15, -0.1) is 0 Å². The highest BCUT2D eigenvalue weighted by Crippen LogP contribution is 2.32. The maximum Gasteiger partial charge on any atom is 0.258 e. The van der Waals surface area contributed by atoms with Crippen molar-refractivity contribution in [1.29, 1.82) is 0 Å². The van der Waals surface area contributed by atoms with Crippen LogP contribution in [0.3, 0.4) is 0 Å². The number of alkyl halides is 1. The minimum Gasteiger partial charge on any atom is -0.292 e. The molecule has 1 rings (SSSR count). The van der Waals surface area contributed by atoms with Crippen molar-refractivity contribution in [2.45, 2.75) is 31.5 Å². The number of imide groups is 1. The first kappa shape index (κ1) is 13.9. The number of carbonyl (C=O) groups is 2. The van der Waals surface area contributed by atoms with Crippen molar-refractivity contribution in [1.82, 2.24) is 5.32 Å². The maximum atomic E-state index is 11.9. The first-order valence-electron chi connectivity index (χ1n) is 5.49. The van der Waals surface area contributed by atoms with E-state index in [0.717, 1.165) is 5.56 Å². The van der Waals surface area contributed by atoms with Gasteiger partial charge in [0, 0.05) is 16.3 Å². The number of hydrogen-bond donors (Lipinski definition) is 1. The summed E-state index contributed by atoms with van der Waals surface area (Å²) < 4.78 is -0.309. The summed E-state index contributed by atoms with van der Waals surface area (Å²) in [6.45, 7) is 5.63. The van der Waals surface area contributed by atoms with Crippen molar-refractivity contribution in [3.63, 3.8) is 0 Å². The molecule has 17 heavy (non-hydrogen) atoms. The van der Waals surface area contributed by atoms with Gasteiger partial charge in [0.25, 0.3) is 5.91 Å². The first-order chi connectivity index (χ1) is 7.86. The largest absolute Gasteiger partial charge is 0.292 e. The molecule has 0 fully saturated rings. The van der Waals surface area contributed by atoms with Gasteiger partial charge in [0.05, 0.1) is 0 Å². The Morgan fingerprint density at radius 2 is 1.88 bits per heavy atom. The summed E-state index contributed by atoms with van der Waals surface area (Å²) in [6, 6.07) is 7.25. The van der Waals surface area contributed by atoms with Crippen LogP contribution in [0.25, 0.3) is 0 Å². The van der Waals surface area contributed by atoms with Crippen LogP contribution in [0.4, 0.5) is 0 Å². The third-order valence-electron chi connectivity index (χ3n) is 2.39. The molecule has 0 aliphatic rings. The first-order valence-corrected chi connectivity index (χ1v) is 6.28. The molecule has 0 aliphatic carbocycles. The van der Waals surface area contributed by atoms with E-state index in [9.17, 15) is 9.59 Å². The molecule has 0 aromatic heterocycles. The van der Waals surface area contributed by atoms with Crippen LogP contribution in [0.5, 0.6) is 0 Å². The van der Waals surface area contributed by atoms with Crippen LogP contribution >= 0.6 is 15.9 Å². The van der Waals surface area contributed by atoms with E-state index in [1.807, 2.05) is 26.0 Å². The molecule has 92 valence electrons. The minimum atomic E-state index is -0.347. The van der Waals surface area contributed by atoms with Crippen LogP contribution < -0.4 is 5.32 Å². The van der Waals surface area contributed by atoms with Gasteiger partial charge in [-0.2, -0.15) is 0 Å². The van der Waals surface area contributed by atoms with Crippen molar-refractivity contribution in [2.75, 3.05) is 0 Å². The second kappa shape index (κ2) is 5.45. The van der Waals surface area contributed by atoms with E-state index < -0.39 is 0 Å².